The van der Waals surface area contributed by atoms with Gasteiger partial charge in [0.1, 0.15) is 11.5 Å². The van der Waals surface area contributed by atoms with E-state index in [0.29, 0.717) is 34.0 Å². The minimum absolute atomic E-state index is 0.376. The molecule has 8 nitrogen and oxygen atoms in total. The molecule has 0 amide bonds. The van der Waals surface area contributed by atoms with Crippen molar-refractivity contribution in [3.05, 3.63) is 180 Å². The van der Waals surface area contributed by atoms with Crippen molar-refractivity contribution in [2.24, 2.45) is 20.5 Å². The summed E-state index contributed by atoms with van der Waals surface area (Å²) in [5, 5.41) is 16.8. The van der Waals surface area contributed by atoms with E-state index in [4.69, 9.17) is 9.47 Å². The van der Waals surface area contributed by atoms with Crippen LogP contribution in [0.2, 0.25) is 0 Å². The van der Waals surface area contributed by atoms with Crippen molar-refractivity contribution < 1.29 is 19.1 Å². The summed E-state index contributed by atoms with van der Waals surface area (Å²) >= 11 is 0. The van der Waals surface area contributed by atoms with E-state index < -0.39 is 11.9 Å². The van der Waals surface area contributed by atoms with Crippen molar-refractivity contribution in [3.8, 4) is 11.5 Å². The van der Waals surface area contributed by atoms with E-state index in [-0.39, 0.29) is 5.41 Å². The number of nitrogens with zero attached hydrogens (tertiary/aromatic N) is 4. The van der Waals surface area contributed by atoms with E-state index in [0.717, 1.165) is 22.5 Å². The molecular formula is C41H32N4O4. The van der Waals surface area contributed by atoms with Crippen molar-refractivity contribution in [3.63, 3.8) is 0 Å². The topological polar surface area (TPSA) is 102 Å². The number of hydrogen-bond acceptors (Lipinski definition) is 8. The van der Waals surface area contributed by atoms with Crippen LogP contribution in [0.25, 0.3) is 0 Å². The molecule has 0 aliphatic rings. The summed E-state index contributed by atoms with van der Waals surface area (Å²) in [4.78, 5) is 25.6. The van der Waals surface area contributed by atoms with Crippen molar-refractivity contribution in [2.45, 2.75) is 19.3 Å². The lowest BCUT2D eigenvalue weighted by atomic mass is 9.78. The van der Waals surface area contributed by atoms with Crippen molar-refractivity contribution in [1.82, 2.24) is 0 Å². The molecule has 0 N–H and O–H groups in total. The highest BCUT2D eigenvalue weighted by Crippen LogP contribution is 2.34. The van der Waals surface area contributed by atoms with Crippen LogP contribution in [0.15, 0.2) is 178 Å². The highest BCUT2D eigenvalue weighted by atomic mass is 16.5. The normalized spacial score (nSPS) is 11.5. The van der Waals surface area contributed by atoms with Gasteiger partial charge in [0.2, 0.25) is 0 Å². The molecule has 0 saturated heterocycles. The van der Waals surface area contributed by atoms with Crippen LogP contribution in [0.3, 0.4) is 0 Å². The number of ether oxygens (including phenoxy) is 2. The van der Waals surface area contributed by atoms with Crippen LogP contribution in [0, 0.1) is 0 Å². The van der Waals surface area contributed by atoms with Gasteiger partial charge < -0.3 is 9.47 Å². The van der Waals surface area contributed by atoms with Crippen LogP contribution in [-0.4, -0.2) is 11.9 Å². The summed E-state index contributed by atoms with van der Waals surface area (Å²) in [6.07, 6.45) is 0. The number of benzene rings is 6. The van der Waals surface area contributed by atoms with Crippen LogP contribution >= 0.6 is 0 Å². The summed E-state index contributed by atoms with van der Waals surface area (Å²) in [6.45, 7) is 4.20. The SMILES string of the molecule is CC(C)(c1ccc(OC(=O)c2ccc(N=Nc3ccccc3)cc2)cc1)c1ccc(OC(=O)c2ccc(N=Nc3ccccc3)cc2)cc1. The fourth-order valence-electron chi connectivity index (χ4n) is 4.93. The molecule has 0 radical (unpaired) electrons. The average Bonchev–Trinajstić information content (AvgIpc) is 3.15. The Balaban J connectivity index is 1.03. The first-order chi connectivity index (χ1) is 23.8. The van der Waals surface area contributed by atoms with Gasteiger partial charge in [-0.3, -0.25) is 0 Å². The van der Waals surface area contributed by atoms with E-state index in [1.807, 2.05) is 84.9 Å². The third-order valence-corrected chi connectivity index (χ3v) is 7.85. The summed E-state index contributed by atoms with van der Waals surface area (Å²) in [7, 11) is 0. The van der Waals surface area contributed by atoms with Crippen LogP contribution in [0.1, 0.15) is 45.7 Å². The largest absolute Gasteiger partial charge is 0.423 e. The molecule has 240 valence electrons. The Morgan fingerprint density at radius 2 is 0.714 bits per heavy atom. The van der Waals surface area contributed by atoms with Crippen LogP contribution in [0.4, 0.5) is 22.7 Å². The first kappa shape index (κ1) is 32.4. The number of carbonyl (C=O) groups excluding carboxylic acids is 2. The smallest absolute Gasteiger partial charge is 0.343 e. The predicted octanol–water partition coefficient (Wildman–Crippen LogP) is 11.3. The molecule has 0 aliphatic heterocycles. The lowest BCUT2D eigenvalue weighted by Crippen LogP contribution is -2.19. The minimum atomic E-state index is -0.465. The van der Waals surface area contributed by atoms with Gasteiger partial charge in [-0.2, -0.15) is 20.5 Å². The second-order valence-corrected chi connectivity index (χ2v) is 11.6. The molecule has 8 heteroatoms. The minimum Gasteiger partial charge on any atom is -0.423 e. The Labute approximate surface area is 284 Å². The second kappa shape index (κ2) is 14.9. The molecule has 6 rings (SSSR count). The molecule has 0 aromatic heterocycles. The van der Waals surface area contributed by atoms with Gasteiger partial charge in [-0.05, 0) is 108 Å². The molecule has 6 aromatic carbocycles. The summed E-state index contributed by atoms with van der Waals surface area (Å²) in [6, 6.07) is 47.3. The highest BCUT2D eigenvalue weighted by Gasteiger charge is 2.23. The monoisotopic (exact) mass is 644 g/mol. The number of rotatable bonds is 10. The molecule has 0 aliphatic carbocycles. The molecule has 0 heterocycles. The third kappa shape index (κ3) is 8.44. The average molecular weight is 645 g/mol. The molecule has 0 fully saturated rings. The maximum Gasteiger partial charge on any atom is 0.343 e. The Hall–Kier alpha value is -6.54. The molecule has 6 aromatic rings. The van der Waals surface area contributed by atoms with Crippen molar-refractivity contribution in [1.29, 1.82) is 0 Å². The zero-order chi connectivity index (χ0) is 34.1. The van der Waals surface area contributed by atoms with E-state index in [2.05, 4.69) is 34.3 Å². The molecule has 0 saturated carbocycles. The van der Waals surface area contributed by atoms with Gasteiger partial charge >= 0.3 is 11.9 Å². The predicted molar refractivity (Wildman–Crippen MR) is 189 cm³/mol. The highest BCUT2D eigenvalue weighted by molar-refractivity contribution is 5.92. The molecule has 0 atom stereocenters. The maximum absolute atomic E-state index is 12.8. The molecular weight excluding hydrogens is 612 g/mol. The van der Waals surface area contributed by atoms with Gasteiger partial charge in [0, 0.05) is 5.41 Å². The van der Waals surface area contributed by atoms with Crippen LogP contribution in [0.5, 0.6) is 11.5 Å². The van der Waals surface area contributed by atoms with E-state index in [9.17, 15) is 9.59 Å². The van der Waals surface area contributed by atoms with Crippen LogP contribution in [-0.2, 0) is 5.41 Å². The van der Waals surface area contributed by atoms with Gasteiger partial charge in [-0.25, -0.2) is 9.59 Å². The Bertz CT molecular complexity index is 1920. The Morgan fingerprint density at radius 3 is 1.04 bits per heavy atom. The van der Waals surface area contributed by atoms with Gasteiger partial charge in [0.15, 0.2) is 0 Å². The quantitative estimate of drug-likeness (QED) is 0.0841. The number of carbonyl (C=O) groups is 2. The Kier molecular flexibility index (Phi) is 9.86. The van der Waals surface area contributed by atoms with E-state index in [1.165, 1.54) is 0 Å². The zero-order valence-corrected chi connectivity index (χ0v) is 26.9. The van der Waals surface area contributed by atoms with Crippen LogP contribution < -0.4 is 9.47 Å². The second-order valence-electron chi connectivity index (χ2n) is 11.6. The van der Waals surface area contributed by atoms with Crippen molar-refractivity contribution >= 4 is 34.7 Å². The number of hydrogen-bond donors (Lipinski definition) is 0. The third-order valence-electron chi connectivity index (χ3n) is 7.85. The number of esters is 2. The summed E-state index contributed by atoms with van der Waals surface area (Å²) < 4.78 is 11.2. The number of azo groups is 2. The molecule has 0 spiro atoms. The lowest BCUT2D eigenvalue weighted by Gasteiger charge is -2.26. The zero-order valence-electron chi connectivity index (χ0n) is 26.9. The van der Waals surface area contributed by atoms with Gasteiger partial charge in [0.05, 0.1) is 33.9 Å². The van der Waals surface area contributed by atoms with E-state index in [1.54, 1.807) is 72.8 Å². The molecule has 0 unspecified atom stereocenters. The first-order valence-electron chi connectivity index (χ1n) is 15.6. The lowest BCUT2D eigenvalue weighted by molar-refractivity contribution is 0.0725. The molecule has 49 heavy (non-hydrogen) atoms. The van der Waals surface area contributed by atoms with E-state index >= 15 is 0 Å². The summed E-state index contributed by atoms with van der Waals surface area (Å²) in [5.74, 6) is -0.0553. The fraction of sp³-hybridized carbons (Fsp3) is 0.0732. The van der Waals surface area contributed by atoms with Gasteiger partial charge in [-0.15, -0.1) is 0 Å². The Morgan fingerprint density at radius 1 is 0.408 bits per heavy atom. The molecule has 0 bridgehead atoms. The maximum atomic E-state index is 12.8. The van der Waals surface area contributed by atoms with Crippen molar-refractivity contribution in [2.75, 3.05) is 0 Å². The first-order valence-corrected chi connectivity index (χ1v) is 15.6. The standard InChI is InChI=1S/C41H32N4O4/c1-41(2,31-17-25-37(26-18-31)48-39(46)29-13-21-35(22-14-29)44-42-33-9-5-3-6-10-33)32-19-27-38(28-20-32)49-40(47)30-15-23-36(24-16-30)45-43-34-11-7-4-8-12-34/h3-28H,1-2H3. The summed E-state index contributed by atoms with van der Waals surface area (Å²) in [5.41, 5.74) is 5.25. The van der Waals surface area contributed by atoms with Gasteiger partial charge in [-0.1, -0.05) is 74.5 Å². The fourth-order valence-corrected chi connectivity index (χ4v) is 4.93. The van der Waals surface area contributed by atoms with Gasteiger partial charge in [0.25, 0.3) is 0 Å².